The number of amides is 1. The summed E-state index contributed by atoms with van der Waals surface area (Å²) in [5.41, 5.74) is 11.6. The fourth-order valence-electron chi connectivity index (χ4n) is 3.81. The molecule has 0 bridgehead atoms. The van der Waals surface area contributed by atoms with Crippen LogP contribution in [0.25, 0.3) is 32.9 Å². The quantitative estimate of drug-likeness (QED) is 0.343. The number of H-pyrrole nitrogens is 2. The highest BCUT2D eigenvalue weighted by Gasteiger charge is 2.16. The molecule has 3 heterocycles. The number of nitrogen functional groups attached to an aromatic ring is 1. The minimum absolute atomic E-state index is 0.205. The van der Waals surface area contributed by atoms with Crippen LogP contribution >= 0.6 is 0 Å². The van der Waals surface area contributed by atoms with Gasteiger partial charge in [0.1, 0.15) is 5.82 Å². The number of aromatic amines is 2. The van der Waals surface area contributed by atoms with Gasteiger partial charge < -0.3 is 16.0 Å². The third kappa shape index (κ3) is 3.52. The number of carbonyl (C=O) groups is 1. The molecule has 32 heavy (non-hydrogen) atoms. The van der Waals surface area contributed by atoms with E-state index in [-0.39, 0.29) is 5.91 Å². The smallest absolute Gasteiger partial charge is 0.253 e. The Morgan fingerprint density at radius 1 is 1.12 bits per heavy atom. The molecule has 0 atom stereocenters. The lowest BCUT2D eigenvalue weighted by atomic mass is 9.99. The topological polar surface area (TPSA) is 136 Å². The highest BCUT2D eigenvalue weighted by atomic mass is 16.1. The van der Waals surface area contributed by atoms with Gasteiger partial charge in [-0.15, -0.1) is 0 Å². The SMILES string of the molecule is N#CCc1ccc(CNC(=O)c2cc(-c3c[nH]c4cnc(N)cc34)cc3cn[nH]c23)cc1. The molecule has 0 fully saturated rings. The fourth-order valence-corrected chi connectivity index (χ4v) is 3.81. The summed E-state index contributed by atoms with van der Waals surface area (Å²) in [4.78, 5) is 20.4. The Bertz CT molecular complexity index is 1490. The molecule has 3 aromatic heterocycles. The normalized spacial score (nSPS) is 11.0. The first-order valence-electron chi connectivity index (χ1n) is 10.1. The maximum absolute atomic E-state index is 13.1. The van der Waals surface area contributed by atoms with E-state index in [0.29, 0.717) is 29.9 Å². The molecule has 0 spiro atoms. The number of anilines is 1. The van der Waals surface area contributed by atoms with Gasteiger partial charge in [0, 0.05) is 29.1 Å². The molecule has 156 valence electrons. The fraction of sp³-hybridized carbons (Fsp3) is 0.0833. The van der Waals surface area contributed by atoms with Gasteiger partial charge in [0.05, 0.1) is 41.5 Å². The number of rotatable bonds is 5. The molecule has 1 amide bonds. The number of nitrogens with one attached hydrogen (secondary N) is 3. The van der Waals surface area contributed by atoms with E-state index < -0.39 is 0 Å². The van der Waals surface area contributed by atoms with Crippen LogP contribution < -0.4 is 11.1 Å². The molecule has 8 nitrogen and oxygen atoms in total. The van der Waals surface area contributed by atoms with E-state index in [4.69, 9.17) is 11.0 Å². The maximum atomic E-state index is 13.1. The predicted molar refractivity (Wildman–Crippen MR) is 123 cm³/mol. The molecular formula is C24H19N7O. The van der Waals surface area contributed by atoms with Crippen LogP contribution in [0.5, 0.6) is 0 Å². The van der Waals surface area contributed by atoms with Crippen LogP contribution in [0.4, 0.5) is 5.82 Å². The Kier molecular flexibility index (Phi) is 4.76. The van der Waals surface area contributed by atoms with Crippen molar-refractivity contribution < 1.29 is 4.79 Å². The Morgan fingerprint density at radius 2 is 1.94 bits per heavy atom. The summed E-state index contributed by atoms with van der Waals surface area (Å²) in [5, 5.41) is 20.6. The summed E-state index contributed by atoms with van der Waals surface area (Å²) in [7, 11) is 0. The number of carbonyl (C=O) groups excluding carboxylic acids is 1. The predicted octanol–water partition coefficient (Wildman–Crippen LogP) is 3.68. The Balaban J connectivity index is 1.47. The zero-order valence-corrected chi connectivity index (χ0v) is 17.0. The number of hydrogen-bond acceptors (Lipinski definition) is 5. The van der Waals surface area contributed by atoms with Crippen LogP contribution in [0.1, 0.15) is 21.5 Å². The van der Waals surface area contributed by atoms with E-state index in [1.165, 1.54) is 0 Å². The standard InChI is InChI=1S/C24H19N7O/c25-6-5-14-1-3-15(4-2-14)10-29-24(32)19-8-16(7-17-11-30-31-23(17)19)20-12-27-21-13-28-22(26)9-18(20)21/h1-4,7-9,11-13,27H,5,10H2,(H2,26,28)(H,29,32)(H,30,31). The van der Waals surface area contributed by atoms with Crippen LogP contribution in [-0.4, -0.2) is 26.1 Å². The number of nitrogens with zero attached hydrogens (tertiary/aromatic N) is 3. The van der Waals surface area contributed by atoms with Crippen molar-refractivity contribution in [3.05, 3.63) is 77.7 Å². The van der Waals surface area contributed by atoms with Gasteiger partial charge in [-0.1, -0.05) is 24.3 Å². The van der Waals surface area contributed by atoms with Gasteiger partial charge >= 0.3 is 0 Å². The average Bonchev–Trinajstić information content (AvgIpc) is 3.44. The summed E-state index contributed by atoms with van der Waals surface area (Å²) in [6, 6.07) is 15.4. The number of fused-ring (bicyclic) bond motifs is 2. The highest BCUT2D eigenvalue weighted by Crippen LogP contribution is 2.32. The van der Waals surface area contributed by atoms with E-state index in [1.54, 1.807) is 12.4 Å². The molecule has 0 saturated carbocycles. The first kappa shape index (κ1) is 19.3. The van der Waals surface area contributed by atoms with Gasteiger partial charge in [-0.05, 0) is 34.9 Å². The highest BCUT2D eigenvalue weighted by molar-refractivity contribution is 6.08. The summed E-state index contributed by atoms with van der Waals surface area (Å²) < 4.78 is 0. The van der Waals surface area contributed by atoms with E-state index >= 15 is 0 Å². The first-order chi connectivity index (χ1) is 15.6. The van der Waals surface area contributed by atoms with Gasteiger partial charge in [-0.3, -0.25) is 9.89 Å². The second-order valence-electron chi connectivity index (χ2n) is 7.55. The molecule has 0 radical (unpaired) electrons. The Hall–Kier alpha value is -4.64. The lowest BCUT2D eigenvalue weighted by Gasteiger charge is -2.09. The van der Waals surface area contributed by atoms with Gasteiger partial charge in [0.2, 0.25) is 0 Å². The average molecular weight is 421 g/mol. The Morgan fingerprint density at radius 3 is 2.75 bits per heavy atom. The van der Waals surface area contributed by atoms with Gasteiger partial charge in [-0.25, -0.2) is 4.98 Å². The zero-order valence-electron chi connectivity index (χ0n) is 17.0. The van der Waals surface area contributed by atoms with Crippen LogP contribution in [0.15, 0.2) is 61.1 Å². The lowest BCUT2D eigenvalue weighted by molar-refractivity contribution is 0.0952. The molecule has 0 unspecified atom stereocenters. The summed E-state index contributed by atoms with van der Waals surface area (Å²) in [5.74, 6) is 0.227. The molecule has 5 N–H and O–H groups in total. The van der Waals surface area contributed by atoms with E-state index in [1.807, 2.05) is 48.7 Å². The minimum Gasteiger partial charge on any atom is -0.384 e. The molecule has 0 saturated heterocycles. The number of pyridine rings is 1. The van der Waals surface area contributed by atoms with Crippen molar-refractivity contribution in [1.29, 1.82) is 5.26 Å². The molecule has 5 rings (SSSR count). The molecule has 2 aromatic carbocycles. The molecule has 5 aromatic rings. The third-order valence-electron chi connectivity index (χ3n) is 5.45. The maximum Gasteiger partial charge on any atom is 0.253 e. The second kappa shape index (κ2) is 7.89. The number of benzene rings is 2. The van der Waals surface area contributed by atoms with Crippen LogP contribution in [0.2, 0.25) is 0 Å². The lowest BCUT2D eigenvalue weighted by Crippen LogP contribution is -2.23. The third-order valence-corrected chi connectivity index (χ3v) is 5.45. The zero-order chi connectivity index (χ0) is 22.1. The van der Waals surface area contributed by atoms with Gasteiger partial charge in [0.15, 0.2) is 0 Å². The number of hydrogen-bond donors (Lipinski definition) is 4. The van der Waals surface area contributed by atoms with E-state index in [9.17, 15) is 4.79 Å². The summed E-state index contributed by atoms with van der Waals surface area (Å²) >= 11 is 0. The molecular weight excluding hydrogens is 402 g/mol. The first-order valence-corrected chi connectivity index (χ1v) is 10.1. The monoisotopic (exact) mass is 421 g/mol. The van der Waals surface area contributed by atoms with Crippen LogP contribution in [0, 0.1) is 11.3 Å². The van der Waals surface area contributed by atoms with E-state index in [2.05, 4.69) is 31.6 Å². The van der Waals surface area contributed by atoms with Crippen molar-refractivity contribution >= 4 is 33.5 Å². The number of nitrogens with two attached hydrogens (primary N) is 1. The number of aromatic nitrogens is 4. The van der Waals surface area contributed by atoms with Crippen LogP contribution in [-0.2, 0) is 13.0 Å². The van der Waals surface area contributed by atoms with Crippen LogP contribution in [0.3, 0.4) is 0 Å². The Labute approximate surface area is 183 Å². The van der Waals surface area contributed by atoms with Crippen molar-refractivity contribution in [2.24, 2.45) is 0 Å². The van der Waals surface area contributed by atoms with Crippen molar-refractivity contribution in [1.82, 2.24) is 25.5 Å². The molecule has 8 heteroatoms. The molecule has 0 aliphatic carbocycles. The van der Waals surface area contributed by atoms with E-state index in [0.717, 1.165) is 38.5 Å². The molecule has 0 aliphatic rings. The molecule has 0 aliphatic heterocycles. The minimum atomic E-state index is -0.205. The van der Waals surface area contributed by atoms with Gasteiger partial charge in [-0.2, -0.15) is 10.4 Å². The summed E-state index contributed by atoms with van der Waals surface area (Å²) in [6.07, 6.45) is 5.65. The summed E-state index contributed by atoms with van der Waals surface area (Å²) in [6.45, 7) is 0.376. The van der Waals surface area contributed by atoms with Gasteiger partial charge in [0.25, 0.3) is 5.91 Å². The van der Waals surface area contributed by atoms with Crippen molar-refractivity contribution in [2.75, 3.05) is 5.73 Å². The number of nitriles is 1. The largest absolute Gasteiger partial charge is 0.384 e. The van der Waals surface area contributed by atoms with Crippen molar-refractivity contribution in [3.63, 3.8) is 0 Å². The van der Waals surface area contributed by atoms with Crippen molar-refractivity contribution in [3.8, 4) is 17.2 Å². The van der Waals surface area contributed by atoms with Crippen molar-refractivity contribution in [2.45, 2.75) is 13.0 Å². The second-order valence-corrected chi connectivity index (χ2v) is 7.55.